The van der Waals surface area contributed by atoms with E-state index in [1.54, 1.807) is 7.05 Å². The normalized spacial score (nSPS) is 13.0. The van der Waals surface area contributed by atoms with Crippen LogP contribution in [0.2, 0.25) is 0 Å². The molecule has 3 aromatic rings. The van der Waals surface area contributed by atoms with Gasteiger partial charge in [-0.1, -0.05) is 0 Å². The van der Waals surface area contributed by atoms with Crippen molar-refractivity contribution in [1.82, 2.24) is 14.8 Å². The fraction of sp³-hybridized carbons (Fsp3) is 0.350. The highest BCUT2D eigenvalue weighted by Gasteiger charge is 2.14. The number of aromatic amines is 1. The average Bonchev–Trinajstić information content (AvgIpc) is 3.26. The van der Waals surface area contributed by atoms with Gasteiger partial charge in [-0.25, -0.2) is 4.99 Å². The molecule has 0 spiro atoms. The second kappa shape index (κ2) is 8.18. The summed E-state index contributed by atoms with van der Waals surface area (Å²) in [6.07, 6.45) is 3.98. The third-order valence-electron chi connectivity index (χ3n) is 4.13. The molecule has 0 bridgehead atoms. The van der Waals surface area contributed by atoms with Gasteiger partial charge in [0.15, 0.2) is 5.84 Å². The van der Waals surface area contributed by atoms with E-state index in [2.05, 4.69) is 20.2 Å². The molecule has 0 atom stereocenters. The van der Waals surface area contributed by atoms with Crippen LogP contribution in [-0.2, 0) is 6.54 Å². The molecule has 27 heavy (non-hydrogen) atoms. The zero-order valence-corrected chi connectivity index (χ0v) is 16.1. The average molecular weight is 367 g/mol. The van der Waals surface area contributed by atoms with Crippen LogP contribution in [-0.4, -0.2) is 51.2 Å². The summed E-state index contributed by atoms with van der Waals surface area (Å²) in [5, 5.41) is 17.4. The number of amidine groups is 1. The monoisotopic (exact) mass is 367 g/mol. The van der Waals surface area contributed by atoms with Crippen LogP contribution in [0.1, 0.15) is 32.0 Å². The third kappa shape index (κ3) is 4.25. The van der Waals surface area contributed by atoms with Gasteiger partial charge in [-0.15, -0.1) is 0 Å². The first-order valence-electron chi connectivity index (χ1n) is 8.96. The minimum Gasteiger partial charge on any atom is -0.491 e. The summed E-state index contributed by atoms with van der Waals surface area (Å²) in [4.78, 5) is 9.03. The molecule has 3 rings (SSSR count). The maximum atomic E-state index is 9.06. The van der Waals surface area contributed by atoms with Crippen molar-refractivity contribution >= 4 is 22.5 Å². The van der Waals surface area contributed by atoms with Crippen LogP contribution in [0.25, 0.3) is 10.9 Å². The number of rotatable bonds is 6. The lowest BCUT2D eigenvalue weighted by Gasteiger charge is -2.09. The fourth-order valence-electron chi connectivity index (χ4n) is 2.85. The van der Waals surface area contributed by atoms with Crippen molar-refractivity contribution in [2.75, 3.05) is 13.7 Å². The molecule has 0 saturated carbocycles. The number of ether oxygens (including phenoxy) is 1. The SMILES string of the molecule is C/N=C(\N=C(/C)c1ccn(CCO)c1)c1n[nH]c2ccc(OC(C)C)cc12. The van der Waals surface area contributed by atoms with Gasteiger partial charge in [-0.2, -0.15) is 5.10 Å². The molecule has 0 aliphatic heterocycles. The van der Waals surface area contributed by atoms with Crippen molar-refractivity contribution in [3.63, 3.8) is 0 Å². The Labute approximate surface area is 158 Å². The van der Waals surface area contributed by atoms with Crippen LogP contribution in [0.15, 0.2) is 46.6 Å². The second-order valence-electron chi connectivity index (χ2n) is 6.55. The van der Waals surface area contributed by atoms with Gasteiger partial charge in [0.25, 0.3) is 0 Å². The number of aliphatic imine (C=N–C) groups is 2. The molecule has 2 heterocycles. The van der Waals surface area contributed by atoms with Gasteiger partial charge in [-0.05, 0) is 45.0 Å². The number of fused-ring (bicyclic) bond motifs is 1. The molecule has 7 nitrogen and oxygen atoms in total. The smallest absolute Gasteiger partial charge is 0.176 e. The van der Waals surface area contributed by atoms with E-state index in [9.17, 15) is 0 Å². The molecule has 0 radical (unpaired) electrons. The Morgan fingerprint density at radius 3 is 2.85 bits per heavy atom. The molecule has 2 N–H and O–H groups in total. The van der Waals surface area contributed by atoms with E-state index < -0.39 is 0 Å². The van der Waals surface area contributed by atoms with Crippen LogP contribution < -0.4 is 4.74 Å². The minimum absolute atomic E-state index is 0.0975. The molecule has 2 aromatic heterocycles. The first kappa shape index (κ1) is 18.8. The number of aliphatic hydroxyl groups is 1. The summed E-state index contributed by atoms with van der Waals surface area (Å²) in [7, 11) is 1.71. The van der Waals surface area contributed by atoms with Gasteiger partial charge >= 0.3 is 0 Å². The lowest BCUT2D eigenvalue weighted by atomic mass is 10.1. The summed E-state index contributed by atoms with van der Waals surface area (Å²) in [5.74, 6) is 1.34. The number of H-pyrrole nitrogens is 1. The van der Waals surface area contributed by atoms with Gasteiger partial charge < -0.3 is 14.4 Å². The Kier molecular flexibility index (Phi) is 5.71. The molecule has 0 aliphatic carbocycles. The molecule has 0 saturated heterocycles. The Balaban J connectivity index is 1.95. The number of hydrogen-bond donors (Lipinski definition) is 2. The quantitative estimate of drug-likeness (QED) is 0.518. The summed E-state index contributed by atoms with van der Waals surface area (Å²) in [6.45, 7) is 6.59. The number of aliphatic hydroxyl groups excluding tert-OH is 1. The number of nitrogens with one attached hydrogen (secondary N) is 1. The highest BCUT2D eigenvalue weighted by atomic mass is 16.5. The second-order valence-corrected chi connectivity index (χ2v) is 6.55. The van der Waals surface area contributed by atoms with Crippen molar-refractivity contribution in [1.29, 1.82) is 0 Å². The zero-order valence-electron chi connectivity index (χ0n) is 16.1. The van der Waals surface area contributed by atoms with E-state index in [4.69, 9.17) is 9.84 Å². The molecule has 142 valence electrons. The van der Waals surface area contributed by atoms with Gasteiger partial charge in [-0.3, -0.25) is 10.1 Å². The Hall–Kier alpha value is -2.93. The number of hydrogen-bond acceptors (Lipinski definition) is 4. The van der Waals surface area contributed by atoms with Crippen LogP contribution in [0.3, 0.4) is 0 Å². The Morgan fingerprint density at radius 2 is 2.15 bits per heavy atom. The Morgan fingerprint density at radius 1 is 1.33 bits per heavy atom. The van der Waals surface area contributed by atoms with Crippen molar-refractivity contribution in [3.8, 4) is 5.75 Å². The highest BCUT2D eigenvalue weighted by Crippen LogP contribution is 2.24. The van der Waals surface area contributed by atoms with Crippen LogP contribution in [0.4, 0.5) is 0 Å². The van der Waals surface area contributed by atoms with E-state index in [0.717, 1.165) is 27.9 Å². The van der Waals surface area contributed by atoms with Gasteiger partial charge in [0.1, 0.15) is 11.4 Å². The van der Waals surface area contributed by atoms with Crippen molar-refractivity contribution in [2.24, 2.45) is 9.98 Å². The molecular formula is C20H25N5O2. The highest BCUT2D eigenvalue weighted by molar-refractivity contribution is 6.15. The lowest BCUT2D eigenvalue weighted by molar-refractivity contribution is 0.243. The van der Waals surface area contributed by atoms with Crippen LogP contribution in [0, 0.1) is 0 Å². The maximum absolute atomic E-state index is 9.06. The first-order valence-corrected chi connectivity index (χ1v) is 8.96. The summed E-state index contributed by atoms with van der Waals surface area (Å²) in [6, 6.07) is 7.80. The predicted molar refractivity (Wildman–Crippen MR) is 108 cm³/mol. The minimum atomic E-state index is 0.0975. The van der Waals surface area contributed by atoms with E-state index in [1.165, 1.54) is 0 Å². The topological polar surface area (TPSA) is 87.8 Å². The van der Waals surface area contributed by atoms with Crippen molar-refractivity contribution in [3.05, 3.63) is 47.9 Å². The molecule has 1 aromatic carbocycles. The van der Waals surface area contributed by atoms with E-state index in [1.807, 2.05) is 62.0 Å². The molecule has 0 aliphatic rings. The van der Waals surface area contributed by atoms with Crippen molar-refractivity contribution < 1.29 is 9.84 Å². The summed E-state index contributed by atoms with van der Waals surface area (Å²) >= 11 is 0. The predicted octanol–water partition coefficient (Wildman–Crippen LogP) is 3.03. The van der Waals surface area contributed by atoms with E-state index in [-0.39, 0.29) is 12.7 Å². The molecule has 0 fully saturated rings. The third-order valence-corrected chi connectivity index (χ3v) is 4.13. The largest absolute Gasteiger partial charge is 0.491 e. The number of nitrogens with zero attached hydrogens (tertiary/aromatic N) is 4. The maximum Gasteiger partial charge on any atom is 0.176 e. The van der Waals surface area contributed by atoms with E-state index >= 15 is 0 Å². The van der Waals surface area contributed by atoms with Gasteiger partial charge in [0.05, 0.1) is 18.2 Å². The van der Waals surface area contributed by atoms with Crippen LogP contribution >= 0.6 is 0 Å². The molecule has 7 heteroatoms. The van der Waals surface area contributed by atoms with Crippen molar-refractivity contribution in [2.45, 2.75) is 33.4 Å². The fourth-order valence-corrected chi connectivity index (χ4v) is 2.85. The molecular weight excluding hydrogens is 342 g/mol. The number of benzene rings is 1. The first-order chi connectivity index (χ1) is 13.0. The van der Waals surface area contributed by atoms with E-state index in [0.29, 0.717) is 18.1 Å². The zero-order chi connectivity index (χ0) is 19.4. The summed E-state index contributed by atoms with van der Waals surface area (Å²) < 4.78 is 7.72. The molecule has 0 amide bonds. The number of aromatic nitrogens is 3. The standard InChI is InChI=1S/C20H25N5O2/c1-13(2)27-16-5-6-18-17(11-16)19(24-23-18)20(21-4)22-14(3)15-7-8-25(12-15)9-10-26/h5-8,11-13,26H,9-10H2,1-4H3,(H,23,24)/b21-20-,22-14+. The Bertz CT molecular complexity index is 981. The molecule has 0 unspecified atom stereocenters. The van der Waals surface area contributed by atoms with Gasteiger partial charge in [0, 0.05) is 42.6 Å². The summed E-state index contributed by atoms with van der Waals surface area (Å²) in [5.41, 5.74) is 3.41. The lowest BCUT2D eigenvalue weighted by Crippen LogP contribution is -2.06. The van der Waals surface area contributed by atoms with Crippen LogP contribution in [0.5, 0.6) is 5.75 Å². The van der Waals surface area contributed by atoms with Gasteiger partial charge in [0.2, 0.25) is 0 Å².